The molecule has 0 spiro atoms. The molecule has 238 valence electrons. The lowest BCUT2D eigenvalue weighted by Gasteiger charge is -2.32. The topological polar surface area (TPSA) is 147 Å². The van der Waals surface area contributed by atoms with Gasteiger partial charge >= 0.3 is 12.1 Å². The van der Waals surface area contributed by atoms with E-state index in [0.717, 1.165) is 17.7 Å². The van der Waals surface area contributed by atoms with Crippen molar-refractivity contribution in [2.45, 2.75) is 45.0 Å². The number of nitrogens with one attached hydrogen (secondary N) is 1. The van der Waals surface area contributed by atoms with Crippen LogP contribution in [0.15, 0.2) is 53.5 Å². The van der Waals surface area contributed by atoms with Crippen molar-refractivity contribution in [2.24, 2.45) is 0 Å². The molecule has 1 aliphatic rings. The summed E-state index contributed by atoms with van der Waals surface area (Å²) in [5.74, 6) is -2.88. The molecule has 3 aromatic rings. The van der Waals surface area contributed by atoms with Crippen LogP contribution in [0, 0.1) is 0 Å². The highest BCUT2D eigenvalue weighted by Crippen LogP contribution is 2.26. The molecule has 0 saturated carbocycles. The lowest BCUT2D eigenvalue weighted by Crippen LogP contribution is -2.39. The molecule has 0 bridgehead atoms. The molecule has 2 amide bonds. The molecule has 0 unspecified atom stereocenters. The van der Waals surface area contributed by atoms with E-state index in [-0.39, 0.29) is 35.9 Å². The third-order valence-corrected chi connectivity index (χ3v) is 7.35. The number of fused-ring (bicyclic) bond motifs is 1. The van der Waals surface area contributed by atoms with E-state index < -0.39 is 12.1 Å². The summed E-state index contributed by atoms with van der Waals surface area (Å²) >= 11 is 0. The number of hydrogen-bond acceptors (Lipinski definition) is 7. The number of nitrogens with zero attached hydrogens (tertiary/aromatic N) is 4. The number of carbonyl (C=O) groups is 3. The molecule has 1 fully saturated rings. The molecule has 11 nitrogen and oxygen atoms in total. The third-order valence-electron chi connectivity index (χ3n) is 7.35. The molecule has 1 saturated heterocycles. The van der Waals surface area contributed by atoms with Crippen LogP contribution in [0.1, 0.15) is 47.8 Å². The van der Waals surface area contributed by atoms with Crippen LogP contribution in [0.3, 0.4) is 0 Å². The molecule has 2 atom stereocenters. The van der Waals surface area contributed by atoms with E-state index in [2.05, 4.69) is 14.9 Å². The van der Waals surface area contributed by atoms with Crippen LogP contribution in [0.25, 0.3) is 11.0 Å². The Balaban J connectivity index is 0.000000676. The molecular formula is C30H36F3N5O6. The maximum Gasteiger partial charge on any atom is 0.490 e. The van der Waals surface area contributed by atoms with Crippen LogP contribution < -0.4 is 5.56 Å². The fourth-order valence-electron chi connectivity index (χ4n) is 4.92. The third kappa shape index (κ3) is 9.10. The number of alkyl halides is 3. The Morgan fingerprint density at radius 2 is 1.82 bits per heavy atom. The first-order valence-corrected chi connectivity index (χ1v) is 14.1. The van der Waals surface area contributed by atoms with Crippen molar-refractivity contribution in [3.63, 3.8) is 0 Å². The number of likely N-dealkylation sites (N-methyl/N-ethyl adjacent to an activating group) is 1. The van der Waals surface area contributed by atoms with Crippen LogP contribution in [-0.2, 0) is 16.0 Å². The summed E-state index contributed by atoms with van der Waals surface area (Å²) in [7, 11) is 1.78. The maximum absolute atomic E-state index is 13.5. The number of aromatic amines is 1. The average Bonchev–Trinajstić information content (AvgIpc) is 3.40. The van der Waals surface area contributed by atoms with E-state index >= 15 is 0 Å². The molecule has 3 N–H and O–H groups in total. The number of aromatic nitrogens is 2. The van der Waals surface area contributed by atoms with Gasteiger partial charge in [0.25, 0.3) is 11.5 Å². The smallest absolute Gasteiger partial charge is 0.475 e. The number of halogens is 3. The first kappa shape index (κ1) is 34.2. The van der Waals surface area contributed by atoms with E-state index in [0.29, 0.717) is 49.2 Å². The Morgan fingerprint density at radius 3 is 2.41 bits per heavy atom. The summed E-state index contributed by atoms with van der Waals surface area (Å²) in [6.45, 7) is 7.02. The molecule has 14 heteroatoms. The van der Waals surface area contributed by atoms with Gasteiger partial charge in [0, 0.05) is 45.3 Å². The molecular weight excluding hydrogens is 583 g/mol. The van der Waals surface area contributed by atoms with E-state index in [4.69, 9.17) is 9.90 Å². The second kappa shape index (κ2) is 14.9. The van der Waals surface area contributed by atoms with Gasteiger partial charge in [0.1, 0.15) is 0 Å². The van der Waals surface area contributed by atoms with Gasteiger partial charge in [-0.25, -0.2) is 9.78 Å². The van der Waals surface area contributed by atoms with Gasteiger partial charge in [-0.1, -0.05) is 18.2 Å². The van der Waals surface area contributed by atoms with Crippen LogP contribution >= 0.6 is 0 Å². The second-order valence-corrected chi connectivity index (χ2v) is 10.4. The van der Waals surface area contributed by atoms with Gasteiger partial charge < -0.3 is 25.0 Å². The minimum absolute atomic E-state index is 0.0325. The molecule has 44 heavy (non-hydrogen) atoms. The SMILES string of the molecule is CCN(CC)C(=O)c1cccc([C@@H](CN2CC[C@H](O)C2)N(C)C(=O)Cc2ccc3ncc(=O)[nH]c3c2)c1.O=C(O)C(F)(F)F. The number of likely N-dealkylation sites (tertiary alicyclic amines) is 1. The van der Waals surface area contributed by atoms with Crippen LogP contribution in [0.5, 0.6) is 0 Å². The highest BCUT2D eigenvalue weighted by molar-refractivity contribution is 5.94. The molecule has 2 heterocycles. The summed E-state index contributed by atoms with van der Waals surface area (Å²) < 4.78 is 31.7. The van der Waals surface area contributed by atoms with Crippen LogP contribution in [0.4, 0.5) is 13.2 Å². The zero-order valence-corrected chi connectivity index (χ0v) is 24.7. The lowest BCUT2D eigenvalue weighted by atomic mass is 10.0. The van der Waals surface area contributed by atoms with Crippen molar-refractivity contribution < 1.29 is 37.8 Å². The first-order valence-electron chi connectivity index (χ1n) is 14.1. The summed E-state index contributed by atoms with van der Waals surface area (Å²) in [4.78, 5) is 59.6. The highest BCUT2D eigenvalue weighted by atomic mass is 19.4. The number of carboxylic acid groups (broad SMARTS) is 1. The zero-order valence-electron chi connectivity index (χ0n) is 24.7. The Bertz CT molecular complexity index is 1520. The van der Waals surface area contributed by atoms with E-state index in [1.54, 1.807) is 29.0 Å². The van der Waals surface area contributed by atoms with Gasteiger partial charge in [-0.15, -0.1) is 0 Å². The first-order chi connectivity index (χ1) is 20.7. The quantitative estimate of drug-likeness (QED) is 0.332. The van der Waals surface area contributed by atoms with Gasteiger partial charge in [0.2, 0.25) is 5.91 Å². The second-order valence-electron chi connectivity index (χ2n) is 10.4. The Hall–Kier alpha value is -4.30. The van der Waals surface area contributed by atoms with Crippen molar-refractivity contribution in [1.82, 2.24) is 24.7 Å². The van der Waals surface area contributed by atoms with Gasteiger partial charge in [-0.3, -0.25) is 19.3 Å². The van der Waals surface area contributed by atoms with E-state index in [1.807, 2.05) is 44.2 Å². The summed E-state index contributed by atoms with van der Waals surface area (Å²) in [6, 6.07) is 12.6. The number of benzene rings is 2. The number of rotatable bonds is 9. The number of carbonyl (C=O) groups excluding carboxylic acids is 2. The molecule has 4 rings (SSSR count). The highest BCUT2D eigenvalue weighted by Gasteiger charge is 2.38. The number of aliphatic hydroxyl groups is 1. The van der Waals surface area contributed by atoms with E-state index in [1.165, 1.54) is 6.20 Å². The fourth-order valence-corrected chi connectivity index (χ4v) is 4.92. The molecule has 0 radical (unpaired) electrons. The van der Waals surface area contributed by atoms with Gasteiger partial charge in [0.05, 0.1) is 35.8 Å². The zero-order chi connectivity index (χ0) is 32.6. The predicted octanol–water partition coefficient (Wildman–Crippen LogP) is 2.85. The van der Waals surface area contributed by atoms with Crippen molar-refractivity contribution in [1.29, 1.82) is 0 Å². The number of H-pyrrole nitrogens is 1. The van der Waals surface area contributed by atoms with Crippen molar-refractivity contribution in [3.05, 3.63) is 75.7 Å². The number of amides is 2. The lowest BCUT2D eigenvalue weighted by molar-refractivity contribution is -0.192. The molecule has 0 aliphatic carbocycles. The van der Waals surface area contributed by atoms with Crippen LogP contribution in [-0.4, -0.2) is 105 Å². The van der Waals surface area contributed by atoms with Gasteiger partial charge in [-0.2, -0.15) is 13.2 Å². The number of aliphatic carboxylic acids is 1. The van der Waals surface area contributed by atoms with Gasteiger partial charge in [0.15, 0.2) is 0 Å². The minimum Gasteiger partial charge on any atom is -0.475 e. The molecule has 1 aliphatic heterocycles. The van der Waals surface area contributed by atoms with E-state index in [9.17, 15) is 32.7 Å². The number of carboxylic acids is 1. The summed E-state index contributed by atoms with van der Waals surface area (Å²) in [5, 5.41) is 17.2. The number of aliphatic hydroxyl groups excluding tert-OH is 1. The summed E-state index contributed by atoms with van der Waals surface area (Å²) in [6.07, 6.45) is -3.36. The number of β-amino-alcohol motifs (C(OH)–C–C–N with tert-alkyl or cyclic N) is 1. The predicted molar refractivity (Wildman–Crippen MR) is 156 cm³/mol. The largest absolute Gasteiger partial charge is 0.490 e. The van der Waals surface area contributed by atoms with Gasteiger partial charge in [-0.05, 0) is 55.7 Å². The number of hydrogen-bond donors (Lipinski definition) is 3. The average molecular weight is 620 g/mol. The minimum atomic E-state index is -5.08. The van der Waals surface area contributed by atoms with Crippen molar-refractivity contribution >= 4 is 28.8 Å². The van der Waals surface area contributed by atoms with Crippen LogP contribution in [0.2, 0.25) is 0 Å². The monoisotopic (exact) mass is 619 g/mol. The Kier molecular flexibility index (Phi) is 11.6. The van der Waals surface area contributed by atoms with Crippen molar-refractivity contribution in [2.75, 3.05) is 39.8 Å². The Labute approximate surface area is 251 Å². The fraction of sp³-hybridized carbons (Fsp3) is 0.433. The molecule has 1 aromatic heterocycles. The standard InChI is InChI=1S/C28H35N5O4.C2HF3O2/c1-4-33(5-2)28(37)21-8-6-7-20(15-21)25(18-32-12-11-22(34)17-32)31(3)27(36)14-19-9-10-23-24(13-19)30-26(35)16-29-23;3-2(4,5)1(6)7/h6-10,13,15-16,22,25,34H,4-5,11-12,14,17-18H2,1-3H3,(H,30,35);(H,6,7)/t22-,25+;/m0./s1. The Morgan fingerprint density at radius 1 is 1.14 bits per heavy atom. The molecule has 2 aromatic carbocycles. The maximum atomic E-state index is 13.5. The normalized spacial score (nSPS) is 15.8. The summed E-state index contributed by atoms with van der Waals surface area (Å²) in [5.41, 5.74) is 3.20. The van der Waals surface area contributed by atoms with Crippen molar-refractivity contribution in [3.8, 4) is 0 Å².